The van der Waals surface area contributed by atoms with Gasteiger partial charge in [0, 0.05) is 18.8 Å². The van der Waals surface area contributed by atoms with Crippen molar-refractivity contribution in [2.24, 2.45) is 0 Å². The predicted molar refractivity (Wildman–Crippen MR) is 61.6 cm³/mol. The molecule has 1 aromatic heterocycles. The topological polar surface area (TPSA) is 77.2 Å². The van der Waals surface area contributed by atoms with Gasteiger partial charge in [-0.2, -0.15) is 5.26 Å². The predicted octanol–water partition coefficient (Wildman–Crippen LogP) is 1.40. The van der Waals surface area contributed by atoms with Gasteiger partial charge in [-0.1, -0.05) is 0 Å². The normalized spacial score (nSPS) is 14.1. The Balaban J connectivity index is 2.09. The summed E-state index contributed by atoms with van der Waals surface area (Å²) in [5.74, 6) is -0.0444. The van der Waals surface area contributed by atoms with E-state index in [4.69, 9.17) is 10.4 Å². The van der Waals surface area contributed by atoms with E-state index in [9.17, 15) is 4.79 Å². The summed E-state index contributed by atoms with van der Waals surface area (Å²) in [7, 11) is 0. The maximum atomic E-state index is 10.6. The Morgan fingerprint density at radius 2 is 2.35 bits per heavy atom. The van der Waals surface area contributed by atoms with Crippen LogP contribution >= 0.6 is 0 Å². The van der Waals surface area contributed by atoms with Gasteiger partial charge >= 0.3 is 5.97 Å². The lowest BCUT2D eigenvalue weighted by Gasteiger charge is -2.22. The van der Waals surface area contributed by atoms with Gasteiger partial charge in [0.2, 0.25) is 0 Å². The fraction of sp³-hybridized carbons (Fsp3) is 0.417. The molecule has 0 radical (unpaired) electrons. The molecular weight excluding hydrogens is 218 g/mol. The molecule has 0 amide bonds. The van der Waals surface area contributed by atoms with Gasteiger partial charge in [0.15, 0.2) is 0 Å². The van der Waals surface area contributed by atoms with E-state index >= 15 is 0 Å². The number of nitriles is 1. The van der Waals surface area contributed by atoms with Crippen molar-refractivity contribution < 1.29 is 9.90 Å². The number of anilines is 1. The number of pyridine rings is 1. The smallest absolute Gasteiger partial charge is 0.305 e. The average molecular weight is 231 g/mol. The lowest BCUT2D eigenvalue weighted by molar-refractivity contribution is -0.136. The molecule has 17 heavy (non-hydrogen) atoms. The molecule has 1 fully saturated rings. The first-order valence-electron chi connectivity index (χ1n) is 5.55. The third kappa shape index (κ3) is 2.94. The third-order valence-corrected chi connectivity index (χ3v) is 2.73. The Hall–Kier alpha value is -2.09. The van der Waals surface area contributed by atoms with Gasteiger partial charge in [-0.15, -0.1) is 0 Å². The minimum atomic E-state index is -0.802. The van der Waals surface area contributed by atoms with Gasteiger partial charge in [-0.05, 0) is 25.0 Å². The molecule has 1 N–H and O–H groups in total. The van der Waals surface area contributed by atoms with Crippen LogP contribution in [-0.2, 0) is 4.79 Å². The van der Waals surface area contributed by atoms with Crippen molar-refractivity contribution in [3.05, 3.63) is 23.9 Å². The Morgan fingerprint density at radius 3 is 2.82 bits per heavy atom. The molecule has 0 saturated heterocycles. The zero-order valence-electron chi connectivity index (χ0n) is 9.33. The van der Waals surface area contributed by atoms with Crippen LogP contribution in [-0.4, -0.2) is 28.6 Å². The van der Waals surface area contributed by atoms with E-state index in [0.29, 0.717) is 18.2 Å². The first kappa shape index (κ1) is 11.4. The second-order valence-electron chi connectivity index (χ2n) is 4.09. The van der Waals surface area contributed by atoms with Crippen LogP contribution in [0.5, 0.6) is 0 Å². The van der Waals surface area contributed by atoms with Gasteiger partial charge in [0.1, 0.15) is 11.9 Å². The van der Waals surface area contributed by atoms with Crippen molar-refractivity contribution in [1.29, 1.82) is 5.26 Å². The van der Waals surface area contributed by atoms with Crippen molar-refractivity contribution in [2.75, 3.05) is 11.4 Å². The largest absolute Gasteiger partial charge is 0.481 e. The maximum Gasteiger partial charge on any atom is 0.305 e. The molecule has 0 spiro atoms. The summed E-state index contributed by atoms with van der Waals surface area (Å²) < 4.78 is 0. The molecule has 0 aliphatic heterocycles. The van der Waals surface area contributed by atoms with Crippen LogP contribution in [0, 0.1) is 11.3 Å². The van der Waals surface area contributed by atoms with E-state index in [-0.39, 0.29) is 6.42 Å². The summed E-state index contributed by atoms with van der Waals surface area (Å²) in [6.07, 6.45) is 3.80. The van der Waals surface area contributed by atoms with E-state index in [1.54, 1.807) is 12.1 Å². The van der Waals surface area contributed by atoms with Crippen molar-refractivity contribution in [1.82, 2.24) is 4.98 Å². The SMILES string of the molecule is N#Cc1ccc(N(CCC(=O)O)C2CC2)nc1. The second kappa shape index (κ2) is 4.83. The summed E-state index contributed by atoms with van der Waals surface area (Å²) >= 11 is 0. The number of nitrogens with zero attached hydrogens (tertiary/aromatic N) is 3. The molecule has 0 bridgehead atoms. The molecule has 0 atom stereocenters. The van der Waals surface area contributed by atoms with E-state index in [1.807, 2.05) is 11.0 Å². The molecule has 1 aliphatic rings. The summed E-state index contributed by atoms with van der Waals surface area (Å²) in [4.78, 5) is 16.8. The zero-order valence-corrected chi connectivity index (χ0v) is 9.33. The van der Waals surface area contributed by atoms with Crippen molar-refractivity contribution >= 4 is 11.8 Å². The first-order chi connectivity index (χ1) is 8.20. The first-order valence-corrected chi connectivity index (χ1v) is 5.55. The van der Waals surface area contributed by atoms with Gasteiger partial charge < -0.3 is 10.0 Å². The molecule has 5 heteroatoms. The molecular formula is C12H13N3O2. The summed E-state index contributed by atoms with van der Waals surface area (Å²) in [5.41, 5.74) is 0.516. The lowest BCUT2D eigenvalue weighted by Crippen LogP contribution is -2.29. The number of aliphatic carboxylic acids is 1. The van der Waals surface area contributed by atoms with Crippen molar-refractivity contribution in [3.63, 3.8) is 0 Å². The lowest BCUT2D eigenvalue weighted by atomic mass is 10.3. The van der Waals surface area contributed by atoms with Crippen LogP contribution in [0.15, 0.2) is 18.3 Å². The number of carboxylic acid groups (broad SMARTS) is 1. The Bertz CT molecular complexity index is 446. The Morgan fingerprint density at radius 1 is 1.59 bits per heavy atom. The van der Waals surface area contributed by atoms with Gasteiger partial charge in [0.25, 0.3) is 0 Å². The number of carbonyl (C=O) groups is 1. The molecule has 2 rings (SSSR count). The Kier molecular flexibility index (Phi) is 3.24. The molecule has 1 heterocycles. The van der Waals surface area contributed by atoms with E-state index in [0.717, 1.165) is 18.7 Å². The number of carboxylic acids is 1. The summed E-state index contributed by atoms with van der Waals surface area (Å²) in [5, 5.41) is 17.4. The van der Waals surface area contributed by atoms with Crippen LogP contribution < -0.4 is 4.90 Å². The van der Waals surface area contributed by atoms with Gasteiger partial charge in [-0.25, -0.2) is 4.98 Å². The van der Waals surface area contributed by atoms with Gasteiger partial charge in [-0.3, -0.25) is 4.79 Å². The summed E-state index contributed by atoms with van der Waals surface area (Å²) in [6.45, 7) is 0.471. The van der Waals surface area contributed by atoms with E-state index in [1.165, 1.54) is 6.20 Å². The van der Waals surface area contributed by atoms with Crippen LogP contribution in [0.4, 0.5) is 5.82 Å². The van der Waals surface area contributed by atoms with E-state index in [2.05, 4.69) is 4.98 Å². The highest BCUT2D eigenvalue weighted by molar-refractivity contribution is 5.67. The van der Waals surface area contributed by atoms with Crippen LogP contribution in [0.3, 0.4) is 0 Å². The number of rotatable bonds is 5. The van der Waals surface area contributed by atoms with E-state index < -0.39 is 5.97 Å². The highest BCUT2D eigenvalue weighted by Crippen LogP contribution is 2.30. The highest BCUT2D eigenvalue weighted by Gasteiger charge is 2.30. The second-order valence-corrected chi connectivity index (χ2v) is 4.09. The minimum Gasteiger partial charge on any atom is -0.481 e. The summed E-state index contributed by atoms with van der Waals surface area (Å²) in [6, 6.07) is 5.91. The highest BCUT2D eigenvalue weighted by atomic mass is 16.4. The fourth-order valence-electron chi connectivity index (χ4n) is 1.71. The quantitative estimate of drug-likeness (QED) is 0.828. The van der Waals surface area contributed by atoms with Crippen molar-refractivity contribution in [3.8, 4) is 6.07 Å². The zero-order chi connectivity index (χ0) is 12.3. The van der Waals surface area contributed by atoms with Crippen LogP contribution in [0.2, 0.25) is 0 Å². The molecule has 1 aliphatic carbocycles. The molecule has 0 unspecified atom stereocenters. The van der Waals surface area contributed by atoms with Crippen LogP contribution in [0.25, 0.3) is 0 Å². The van der Waals surface area contributed by atoms with Crippen LogP contribution in [0.1, 0.15) is 24.8 Å². The molecule has 5 nitrogen and oxygen atoms in total. The molecule has 1 aromatic rings. The monoisotopic (exact) mass is 231 g/mol. The maximum absolute atomic E-state index is 10.6. The average Bonchev–Trinajstić information content (AvgIpc) is 3.14. The standard InChI is InChI=1S/C12H13N3O2/c13-7-9-1-4-11(14-8-9)15(10-2-3-10)6-5-12(16)17/h1,4,8,10H,2-3,5-6H2,(H,16,17). The Labute approximate surface area is 99.3 Å². The van der Waals surface area contributed by atoms with Crippen molar-refractivity contribution in [2.45, 2.75) is 25.3 Å². The molecule has 1 saturated carbocycles. The number of hydrogen-bond donors (Lipinski definition) is 1. The third-order valence-electron chi connectivity index (χ3n) is 2.73. The minimum absolute atomic E-state index is 0.109. The number of hydrogen-bond acceptors (Lipinski definition) is 4. The van der Waals surface area contributed by atoms with Gasteiger partial charge in [0.05, 0.1) is 12.0 Å². The number of aromatic nitrogens is 1. The molecule has 0 aromatic carbocycles. The fourth-order valence-corrected chi connectivity index (χ4v) is 1.71. The molecule has 88 valence electrons.